The standard InChI is InChI=1S/C20H27BO8/c1-5-15(22)11-14-10-13-8-7-9-16(17(13)29-21(14)25)18(23)26-12-27-19(24)20(3,4)28-6-2/h7-9,14,25H,5-6,10-12H2,1-4H3/t14-/m1/s1. The Balaban J connectivity index is 2.02. The quantitative estimate of drug-likeness (QED) is 0.378. The third kappa shape index (κ3) is 5.80. The molecule has 0 fully saturated rings. The van der Waals surface area contributed by atoms with Gasteiger partial charge in [-0.25, -0.2) is 9.59 Å². The van der Waals surface area contributed by atoms with E-state index < -0.39 is 31.5 Å². The van der Waals surface area contributed by atoms with Crippen LogP contribution in [0.5, 0.6) is 5.75 Å². The first-order valence-corrected chi connectivity index (χ1v) is 9.66. The van der Waals surface area contributed by atoms with Crippen LogP contribution < -0.4 is 4.65 Å². The van der Waals surface area contributed by atoms with Gasteiger partial charge in [-0.3, -0.25) is 4.79 Å². The highest BCUT2D eigenvalue weighted by atomic mass is 16.7. The number of benzene rings is 1. The molecule has 0 saturated carbocycles. The van der Waals surface area contributed by atoms with E-state index in [0.29, 0.717) is 25.0 Å². The van der Waals surface area contributed by atoms with E-state index in [0.717, 1.165) is 0 Å². The molecule has 1 aliphatic heterocycles. The normalized spacial score (nSPS) is 15.9. The first-order valence-electron chi connectivity index (χ1n) is 9.66. The first-order chi connectivity index (χ1) is 13.7. The summed E-state index contributed by atoms with van der Waals surface area (Å²) < 4.78 is 20.8. The second kappa shape index (κ2) is 9.89. The van der Waals surface area contributed by atoms with Crippen LogP contribution in [0.4, 0.5) is 0 Å². The molecule has 0 amide bonds. The Bertz CT molecular complexity index is 761. The van der Waals surface area contributed by atoms with Crippen molar-refractivity contribution in [3.05, 3.63) is 29.3 Å². The van der Waals surface area contributed by atoms with E-state index in [1.54, 1.807) is 39.8 Å². The first kappa shape index (κ1) is 22.9. The minimum absolute atomic E-state index is 0.0356. The van der Waals surface area contributed by atoms with Crippen LogP contribution in [0.2, 0.25) is 5.82 Å². The second-order valence-electron chi connectivity index (χ2n) is 7.29. The fourth-order valence-electron chi connectivity index (χ4n) is 3.06. The van der Waals surface area contributed by atoms with Gasteiger partial charge in [0.1, 0.15) is 17.1 Å². The Morgan fingerprint density at radius 1 is 1.24 bits per heavy atom. The van der Waals surface area contributed by atoms with Gasteiger partial charge in [0.25, 0.3) is 0 Å². The number of para-hydroxylation sites is 1. The molecule has 1 atom stereocenters. The van der Waals surface area contributed by atoms with Gasteiger partial charge < -0.3 is 23.9 Å². The lowest BCUT2D eigenvalue weighted by molar-refractivity contribution is -0.175. The smallest absolute Gasteiger partial charge is 0.526 e. The van der Waals surface area contributed by atoms with E-state index in [1.165, 1.54) is 6.07 Å². The highest BCUT2D eigenvalue weighted by molar-refractivity contribution is 6.47. The summed E-state index contributed by atoms with van der Waals surface area (Å²) >= 11 is 0. The number of fused-ring (bicyclic) bond motifs is 1. The van der Waals surface area contributed by atoms with Crippen LogP contribution in [-0.2, 0) is 30.2 Å². The Kier molecular flexibility index (Phi) is 7.81. The lowest BCUT2D eigenvalue weighted by Crippen LogP contribution is -2.37. The summed E-state index contributed by atoms with van der Waals surface area (Å²) in [4.78, 5) is 36.1. The third-order valence-electron chi connectivity index (χ3n) is 4.70. The fourth-order valence-corrected chi connectivity index (χ4v) is 3.06. The topological polar surface area (TPSA) is 108 Å². The monoisotopic (exact) mass is 406 g/mol. The third-order valence-corrected chi connectivity index (χ3v) is 4.70. The zero-order chi connectivity index (χ0) is 21.6. The molecular formula is C20H27BO8. The number of carbonyl (C=O) groups excluding carboxylic acids is 3. The van der Waals surface area contributed by atoms with Crippen LogP contribution >= 0.6 is 0 Å². The van der Waals surface area contributed by atoms with Crippen molar-refractivity contribution in [1.82, 2.24) is 0 Å². The molecule has 158 valence electrons. The zero-order valence-electron chi connectivity index (χ0n) is 17.2. The van der Waals surface area contributed by atoms with E-state index in [4.69, 9.17) is 18.9 Å². The van der Waals surface area contributed by atoms with Crippen LogP contribution in [0.3, 0.4) is 0 Å². The summed E-state index contributed by atoms with van der Waals surface area (Å²) in [6.07, 6.45) is 1.000. The summed E-state index contributed by atoms with van der Waals surface area (Å²) in [6.45, 7) is 6.40. The van der Waals surface area contributed by atoms with Gasteiger partial charge in [0.15, 0.2) is 5.60 Å². The average Bonchev–Trinajstić information content (AvgIpc) is 2.67. The van der Waals surface area contributed by atoms with Crippen molar-refractivity contribution < 1.29 is 38.3 Å². The maximum atomic E-state index is 12.4. The van der Waals surface area contributed by atoms with Gasteiger partial charge in [-0.2, -0.15) is 0 Å². The van der Waals surface area contributed by atoms with Crippen LogP contribution in [0.15, 0.2) is 18.2 Å². The molecule has 0 aromatic heterocycles. The molecule has 0 unspecified atom stereocenters. The Morgan fingerprint density at radius 2 is 1.97 bits per heavy atom. The molecule has 0 aliphatic carbocycles. The van der Waals surface area contributed by atoms with Crippen LogP contribution in [0.1, 0.15) is 56.5 Å². The Labute approximate surface area is 170 Å². The molecular weight excluding hydrogens is 379 g/mol. The summed E-state index contributed by atoms with van der Waals surface area (Å²) in [5.74, 6) is -1.53. The molecule has 1 aliphatic rings. The van der Waals surface area contributed by atoms with Crippen molar-refractivity contribution in [3.8, 4) is 5.75 Å². The van der Waals surface area contributed by atoms with Crippen molar-refractivity contribution in [2.45, 2.75) is 58.4 Å². The second-order valence-corrected chi connectivity index (χ2v) is 7.29. The van der Waals surface area contributed by atoms with Gasteiger partial charge in [-0.05, 0) is 38.8 Å². The molecule has 1 heterocycles. The number of carbonyl (C=O) groups is 3. The summed E-state index contributed by atoms with van der Waals surface area (Å²) in [5, 5.41) is 10.2. The van der Waals surface area contributed by atoms with Crippen molar-refractivity contribution in [3.63, 3.8) is 0 Å². The van der Waals surface area contributed by atoms with E-state index in [2.05, 4.69) is 0 Å². The molecule has 1 aromatic carbocycles. The summed E-state index contributed by atoms with van der Waals surface area (Å²) in [5.41, 5.74) is -0.333. The van der Waals surface area contributed by atoms with Crippen molar-refractivity contribution in [2.75, 3.05) is 13.4 Å². The number of hydrogen-bond acceptors (Lipinski definition) is 8. The SMILES string of the molecule is CCOC(C)(C)C(=O)OCOC(=O)c1cccc2c1OB(O)[C@@H](CC(=O)CC)C2. The fraction of sp³-hybridized carbons (Fsp3) is 0.550. The largest absolute Gasteiger partial charge is 0.535 e. The van der Waals surface area contributed by atoms with Crippen LogP contribution in [-0.4, -0.2) is 48.9 Å². The molecule has 2 rings (SSSR count). The Morgan fingerprint density at radius 3 is 2.62 bits per heavy atom. The van der Waals surface area contributed by atoms with Gasteiger partial charge in [0.05, 0.1) is 0 Å². The molecule has 0 spiro atoms. The maximum absolute atomic E-state index is 12.4. The minimum Gasteiger partial charge on any atom is -0.535 e. The van der Waals surface area contributed by atoms with E-state index >= 15 is 0 Å². The van der Waals surface area contributed by atoms with Gasteiger partial charge in [0.2, 0.25) is 6.79 Å². The molecule has 9 heteroatoms. The van der Waals surface area contributed by atoms with Crippen LogP contribution in [0, 0.1) is 0 Å². The van der Waals surface area contributed by atoms with E-state index in [-0.39, 0.29) is 29.3 Å². The van der Waals surface area contributed by atoms with Crippen LogP contribution in [0.25, 0.3) is 0 Å². The van der Waals surface area contributed by atoms with Gasteiger partial charge in [-0.15, -0.1) is 0 Å². The molecule has 1 N–H and O–H groups in total. The maximum Gasteiger partial charge on any atom is 0.526 e. The predicted molar refractivity (Wildman–Crippen MR) is 104 cm³/mol. The predicted octanol–water partition coefficient (Wildman–Crippen LogP) is 2.31. The molecule has 8 nitrogen and oxygen atoms in total. The Hall–Kier alpha value is -2.39. The summed E-state index contributed by atoms with van der Waals surface area (Å²) in [7, 11) is -1.20. The van der Waals surface area contributed by atoms with Crippen molar-refractivity contribution >= 4 is 24.8 Å². The van der Waals surface area contributed by atoms with Gasteiger partial charge >= 0.3 is 19.1 Å². The number of rotatable bonds is 9. The minimum atomic E-state index is -1.20. The number of Topliss-reactive ketones (excluding diaryl/α,β-unsaturated/α-hetero) is 1. The highest BCUT2D eigenvalue weighted by Crippen LogP contribution is 2.36. The molecule has 0 bridgehead atoms. The molecule has 0 saturated heterocycles. The van der Waals surface area contributed by atoms with Gasteiger partial charge in [-0.1, -0.05) is 19.1 Å². The average molecular weight is 406 g/mol. The molecule has 0 radical (unpaired) electrons. The number of hydrogen-bond donors (Lipinski definition) is 1. The van der Waals surface area contributed by atoms with Crippen molar-refractivity contribution in [1.29, 1.82) is 0 Å². The summed E-state index contributed by atoms with van der Waals surface area (Å²) in [6, 6.07) is 4.93. The molecule has 1 aromatic rings. The number of esters is 2. The molecule has 29 heavy (non-hydrogen) atoms. The van der Waals surface area contributed by atoms with Crippen molar-refractivity contribution in [2.24, 2.45) is 0 Å². The number of ketones is 1. The lowest BCUT2D eigenvalue weighted by atomic mass is 9.64. The highest BCUT2D eigenvalue weighted by Gasteiger charge is 2.37. The van der Waals surface area contributed by atoms with E-state index in [9.17, 15) is 19.4 Å². The van der Waals surface area contributed by atoms with Gasteiger partial charge in [0, 0.05) is 25.3 Å². The lowest BCUT2D eigenvalue weighted by Gasteiger charge is -2.28. The number of ether oxygens (including phenoxy) is 3. The zero-order valence-corrected chi connectivity index (χ0v) is 17.2. The van der Waals surface area contributed by atoms with E-state index in [1.807, 2.05) is 0 Å².